The van der Waals surface area contributed by atoms with Crippen molar-refractivity contribution in [2.75, 3.05) is 6.26 Å². The van der Waals surface area contributed by atoms with Crippen LogP contribution >= 0.6 is 11.8 Å². The molecule has 1 aromatic carbocycles. The summed E-state index contributed by atoms with van der Waals surface area (Å²) in [4.78, 5) is 0. The highest BCUT2D eigenvalue weighted by atomic mass is 32.2. The van der Waals surface area contributed by atoms with Crippen molar-refractivity contribution in [3.05, 3.63) is 41.9 Å². The Hall–Kier alpha value is -2.08. The molecule has 3 aromatic rings. The van der Waals surface area contributed by atoms with Crippen LogP contribution in [0.25, 0.3) is 10.9 Å². The van der Waals surface area contributed by atoms with Crippen LogP contribution in [0.3, 0.4) is 0 Å². The standard InChI is InChI=1S/C17H21N5S/c1-5-21-11-13(14-8-6-7-9-15(14)21)10-18-22-16(12(2)3)19-20-17(22)23-4/h6-12H,5H2,1-4H3/b18-10-. The number of rotatable bonds is 5. The van der Waals surface area contributed by atoms with Crippen LogP contribution in [0, 0.1) is 0 Å². The van der Waals surface area contributed by atoms with Crippen molar-refractivity contribution in [3.63, 3.8) is 0 Å². The van der Waals surface area contributed by atoms with Crippen molar-refractivity contribution in [2.24, 2.45) is 5.10 Å². The topological polar surface area (TPSA) is 48.0 Å². The molecule has 0 amide bonds. The molecule has 0 saturated heterocycles. The molecule has 2 aromatic heterocycles. The highest BCUT2D eigenvalue weighted by molar-refractivity contribution is 7.98. The van der Waals surface area contributed by atoms with Gasteiger partial charge in [-0.3, -0.25) is 0 Å². The van der Waals surface area contributed by atoms with Gasteiger partial charge >= 0.3 is 0 Å². The molecule has 2 heterocycles. The lowest BCUT2D eigenvalue weighted by atomic mass is 10.2. The van der Waals surface area contributed by atoms with Gasteiger partial charge in [0, 0.05) is 35.1 Å². The second kappa shape index (κ2) is 6.58. The summed E-state index contributed by atoms with van der Waals surface area (Å²) in [5.41, 5.74) is 2.34. The van der Waals surface area contributed by atoms with Crippen molar-refractivity contribution in [1.82, 2.24) is 19.4 Å². The van der Waals surface area contributed by atoms with Crippen LogP contribution in [0.4, 0.5) is 0 Å². The van der Waals surface area contributed by atoms with Gasteiger partial charge in [0.05, 0.1) is 6.21 Å². The summed E-state index contributed by atoms with van der Waals surface area (Å²) in [5.74, 6) is 1.15. The number of thioether (sulfide) groups is 1. The molecule has 120 valence electrons. The third kappa shape index (κ3) is 2.91. The normalized spacial score (nSPS) is 12.0. The van der Waals surface area contributed by atoms with Gasteiger partial charge in [0.15, 0.2) is 5.82 Å². The third-order valence-corrected chi connectivity index (χ3v) is 4.43. The first-order chi connectivity index (χ1) is 11.2. The van der Waals surface area contributed by atoms with E-state index in [9.17, 15) is 0 Å². The molecule has 0 spiro atoms. The van der Waals surface area contributed by atoms with E-state index in [1.54, 1.807) is 11.8 Å². The average Bonchev–Trinajstić information content (AvgIpc) is 3.13. The zero-order chi connectivity index (χ0) is 16.4. The van der Waals surface area contributed by atoms with Gasteiger partial charge in [-0.05, 0) is 19.2 Å². The first kappa shape index (κ1) is 15.8. The zero-order valence-corrected chi connectivity index (χ0v) is 14.7. The van der Waals surface area contributed by atoms with E-state index >= 15 is 0 Å². The molecule has 0 aliphatic carbocycles. The van der Waals surface area contributed by atoms with Crippen LogP contribution in [-0.2, 0) is 6.54 Å². The van der Waals surface area contributed by atoms with Gasteiger partial charge in [-0.15, -0.1) is 10.2 Å². The molecule has 0 unspecified atom stereocenters. The zero-order valence-electron chi connectivity index (χ0n) is 13.9. The molecular weight excluding hydrogens is 306 g/mol. The van der Waals surface area contributed by atoms with Gasteiger partial charge in [0.1, 0.15) is 0 Å². The van der Waals surface area contributed by atoms with Crippen LogP contribution in [0.1, 0.15) is 38.1 Å². The van der Waals surface area contributed by atoms with Gasteiger partial charge in [0.25, 0.3) is 0 Å². The maximum Gasteiger partial charge on any atom is 0.211 e. The van der Waals surface area contributed by atoms with E-state index in [0.717, 1.165) is 23.1 Å². The molecule has 6 heteroatoms. The fraction of sp³-hybridized carbons (Fsp3) is 0.353. The van der Waals surface area contributed by atoms with E-state index in [1.165, 1.54) is 10.9 Å². The van der Waals surface area contributed by atoms with Gasteiger partial charge in [0.2, 0.25) is 5.16 Å². The van der Waals surface area contributed by atoms with E-state index in [1.807, 2.05) is 17.1 Å². The smallest absolute Gasteiger partial charge is 0.211 e. The van der Waals surface area contributed by atoms with Gasteiger partial charge < -0.3 is 4.57 Å². The predicted molar refractivity (Wildman–Crippen MR) is 96.5 cm³/mol. The second-order valence-corrected chi connectivity index (χ2v) is 6.42. The van der Waals surface area contributed by atoms with E-state index in [0.29, 0.717) is 0 Å². The van der Waals surface area contributed by atoms with Crippen LogP contribution in [0.5, 0.6) is 0 Å². The highest BCUT2D eigenvalue weighted by Gasteiger charge is 2.14. The number of fused-ring (bicyclic) bond motifs is 1. The Balaban J connectivity index is 2.06. The van der Waals surface area contributed by atoms with Crippen LogP contribution in [-0.4, -0.2) is 31.9 Å². The maximum absolute atomic E-state index is 4.66. The van der Waals surface area contributed by atoms with E-state index in [4.69, 9.17) is 0 Å². The first-order valence-electron chi connectivity index (χ1n) is 7.77. The summed E-state index contributed by atoms with van der Waals surface area (Å²) in [6, 6.07) is 8.40. The van der Waals surface area contributed by atoms with Gasteiger partial charge in [-0.1, -0.05) is 43.8 Å². The molecule has 0 aliphatic rings. The summed E-state index contributed by atoms with van der Waals surface area (Å²) >= 11 is 1.55. The molecule has 5 nitrogen and oxygen atoms in total. The van der Waals surface area contributed by atoms with Crippen molar-refractivity contribution in [2.45, 2.75) is 38.4 Å². The number of benzene rings is 1. The molecular formula is C17H21N5S. The maximum atomic E-state index is 4.66. The minimum atomic E-state index is 0.275. The summed E-state index contributed by atoms with van der Waals surface area (Å²) < 4.78 is 4.08. The molecule has 23 heavy (non-hydrogen) atoms. The minimum Gasteiger partial charge on any atom is -0.347 e. The Bertz CT molecular complexity index is 844. The lowest BCUT2D eigenvalue weighted by molar-refractivity contribution is 0.668. The number of hydrogen-bond donors (Lipinski definition) is 0. The van der Waals surface area contributed by atoms with Crippen LogP contribution in [0.2, 0.25) is 0 Å². The minimum absolute atomic E-state index is 0.275. The van der Waals surface area contributed by atoms with Crippen LogP contribution < -0.4 is 0 Å². The average molecular weight is 327 g/mol. The predicted octanol–water partition coefficient (Wildman–Crippen LogP) is 3.98. The summed E-state index contributed by atoms with van der Waals surface area (Å²) in [6.07, 6.45) is 6.04. The lowest BCUT2D eigenvalue weighted by Crippen LogP contribution is -2.01. The summed E-state index contributed by atoms with van der Waals surface area (Å²) in [6.45, 7) is 7.29. The van der Waals surface area contributed by atoms with Crippen molar-refractivity contribution in [3.8, 4) is 0 Å². The Morgan fingerprint density at radius 2 is 2.04 bits per heavy atom. The molecule has 0 atom stereocenters. The molecule has 3 rings (SSSR count). The number of nitrogens with zero attached hydrogens (tertiary/aromatic N) is 5. The van der Waals surface area contributed by atoms with E-state index in [2.05, 4.69) is 71.1 Å². The third-order valence-electron chi connectivity index (χ3n) is 3.81. The monoisotopic (exact) mass is 327 g/mol. The van der Waals surface area contributed by atoms with E-state index in [-0.39, 0.29) is 5.92 Å². The van der Waals surface area contributed by atoms with Gasteiger partial charge in [-0.2, -0.15) is 9.78 Å². The molecule has 0 fully saturated rings. The summed E-state index contributed by atoms with van der Waals surface area (Å²) in [5, 5.41) is 15.1. The fourth-order valence-corrected chi connectivity index (χ4v) is 3.07. The molecule has 0 N–H and O–H groups in total. The van der Waals surface area contributed by atoms with Gasteiger partial charge in [-0.25, -0.2) is 0 Å². The molecule has 0 bridgehead atoms. The number of para-hydroxylation sites is 1. The van der Waals surface area contributed by atoms with Crippen molar-refractivity contribution in [1.29, 1.82) is 0 Å². The second-order valence-electron chi connectivity index (χ2n) is 5.64. The Morgan fingerprint density at radius 1 is 1.26 bits per heavy atom. The number of hydrogen-bond acceptors (Lipinski definition) is 4. The number of aromatic nitrogens is 4. The molecule has 0 radical (unpaired) electrons. The Labute approximate surface area is 140 Å². The Morgan fingerprint density at radius 3 is 2.74 bits per heavy atom. The SMILES string of the molecule is CCn1cc(/C=N\n2c(SC)nnc2C(C)C)c2ccccc21. The van der Waals surface area contributed by atoms with Crippen LogP contribution in [0.15, 0.2) is 40.7 Å². The fourth-order valence-electron chi connectivity index (χ4n) is 2.63. The Kier molecular flexibility index (Phi) is 4.52. The summed E-state index contributed by atoms with van der Waals surface area (Å²) in [7, 11) is 0. The first-order valence-corrected chi connectivity index (χ1v) is 8.99. The number of aryl methyl sites for hydroxylation is 1. The largest absolute Gasteiger partial charge is 0.347 e. The molecule has 0 aliphatic heterocycles. The van der Waals surface area contributed by atoms with Crippen molar-refractivity contribution < 1.29 is 0 Å². The lowest BCUT2D eigenvalue weighted by Gasteiger charge is -2.04. The molecule has 0 saturated carbocycles. The van der Waals surface area contributed by atoms with E-state index < -0.39 is 0 Å². The van der Waals surface area contributed by atoms with Crippen molar-refractivity contribution >= 4 is 28.9 Å². The highest BCUT2D eigenvalue weighted by Crippen LogP contribution is 2.22. The quantitative estimate of drug-likeness (QED) is 0.526.